The minimum absolute atomic E-state index is 0.0647. The second-order valence-corrected chi connectivity index (χ2v) is 8.05. The molecule has 2 saturated heterocycles. The molecule has 1 amide bonds. The third kappa shape index (κ3) is 5.10. The van der Waals surface area contributed by atoms with Crippen LogP contribution in [0.5, 0.6) is 0 Å². The molecule has 0 aromatic rings. The van der Waals surface area contributed by atoms with E-state index in [1.54, 1.807) is 0 Å². The van der Waals surface area contributed by atoms with E-state index >= 15 is 0 Å². The molecule has 2 heterocycles. The van der Waals surface area contributed by atoms with E-state index in [0.717, 1.165) is 19.5 Å². The molecule has 2 aliphatic rings. The van der Waals surface area contributed by atoms with Crippen molar-refractivity contribution in [2.75, 3.05) is 31.1 Å². The number of hydrogen-bond donors (Lipinski definition) is 2. The Morgan fingerprint density at radius 3 is 2.74 bits per heavy atom. The van der Waals surface area contributed by atoms with Crippen LogP contribution in [0.1, 0.15) is 32.1 Å². The van der Waals surface area contributed by atoms with Crippen LogP contribution in [0.25, 0.3) is 0 Å². The van der Waals surface area contributed by atoms with E-state index in [2.05, 4.69) is 10.6 Å². The predicted molar refractivity (Wildman–Crippen MR) is 74.6 cm³/mol. The van der Waals surface area contributed by atoms with Gasteiger partial charge in [-0.2, -0.15) is 0 Å². The minimum Gasteiger partial charge on any atom is -0.356 e. The molecular formula is C13H24N2O3S. The summed E-state index contributed by atoms with van der Waals surface area (Å²) in [5.41, 5.74) is 0. The molecule has 6 heteroatoms. The summed E-state index contributed by atoms with van der Waals surface area (Å²) in [6, 6.07) is 0. The minimum atomic E-state index is -2.83. The van der Waals surface area contributed by atoms with E-state index in [1.165, 1.54) is 12.8 Å². The quantitative estimate of drug-likeness (QED) is 0.764. The molecule has 0 aliphatic carbocycles. The number of hydrogen-bond acceptors (Lipinski definition) is 4. The highest BCUT2D eigenvalue weighted by molar-refractivity contribution is 7.91. The van der Waals surface area contributed by atoms with Gasteiger partial charge in [0.15, 0.2) is 9.84 Å². The van der Waals surface area contributed by atoms with Gasteiger partial charge in [0.1, 0.15) is 0 Å². The van der Waals surface area contributed by atoms with Crippen LogP contribution in [0.4, 0.5) is 0 Å². The second kappa shape index (κ2) is 6.70. The van der Waals surface area contributed by atoms with Crippen molar-refractivity contribution in [2.24, 2.45) is 11.8 Å². The molecule has 2 aliphatic heterocycles. The van der Waals surface area contributed by atoms with E-state index in [-0.39, 0.29) is 23.3 Å². The zero-order valence-corrected chi connectivity index (χ0v) is 12.2. The van der Waals surface area contributed by atoms with Gasteiger partial charge < -0.3 is 10.6 Å². The highest BCUT2D eigenvalue weighted by Crippen LogP contribution is 2.18. The van der Waals surface area contributed by atoms with E-state index in [4.69, 9.17) is 0 Å². The Labute approximate surface area is 115 Å². The van der Waals surface area contributed by atoms with Crippen molar-refractivity contribution in [2.45, 2.75) is 32.1 Å². The van der Waals surface area contributed by atoms with Crippen LogP contribution >= 0.6 is 0 Å². The Morgan fingerprint density at radius 1 is 1.26 bits per heavy atom. The maximum Gasteiger partial charge on any atom is 0.220 e. The van der Waals surface area contributed by atoms with Crippen molar-refractivity contribution in [3.05, 3.63) is 0 Å². The highest BCUT2D eigenvalue weighted by atomic mass is 32.2. The van der Waals surface area contributed by atoms with E-state index in [1.807, 2.05) is 0 Å². The van der Waals surface area contributed by atoms with Gasteiger partial charge in [-0.05, 0) is 50.6 Å². The van der Waals surface area contributed by atoms with E-state index in [9.17, 15) is 13.2 Å². The molecule has 0 aromatic carbocycles. The van der Waals surface area contributed by atoms with Crippen LogP contribution in [0.3, 0.4) is 0 Å². The molecule has 2 N–H and O–H groups in total. The Hall–Kier alpha value is -0.620. The molecule has 0 saturated carbocycles. The maximum absolute atomic E-state index is 11.7. The molecule has 5 nitrogen and oxygen atoms in total. The molecule has 19 heavy (non-hydrogen) atoms. The first-order valence-electron chi connectivity index (χ1n) is 7.23. The molecule has 2 fully saturated rings. The van der Waals surface area contributed by atoms with Crippen molar-refractivity contribution in [3.63, 3.8) is 0 Å². The standard InChI is InChI=1S/C13H24N2O3S/c16-13(4-3-11-2-1-6-14-8-11)15-9-12-5-7-19(17,18)10-12/h11-12,14H,1-10H2,(H,15,16). The Kier molecular flexibility index (Phi) is 5.21. The van der Waals surface area contributed by atoms with Gasteiger partial charge >= 0.3 is 0 Å². The summed E-state index contributed by atoms with van der Waals surface area (Å²) in [6.45, 7) is 2.63. The SMILES string of the molecule is O=C(CCC1CCCNC1)NCC1CCS(=O)(=O)C1. The molecule has 0 spiro atoms. The first kappa shape index (κ1) is 14.8. The van der Waals surface area contributed by atoms with Crippen LogP contribution in [0.2, 0.25) is 0 Å². The third-order valence-electron chi connectivity index (χ3n) is 4.09. The van der Waals surface area contributed by atoms with Crippen LogP contribution < -0.4 is 10.6 Å². The smallest absolute Gasteiger partial charge is 0.220 e. The largest absolute Gasteiger partial charge is 0.356 e. The Morgan fingerprint density at radius 2 is 2.11 bits per heavy atom. The topological polar surface area (TPSA) is 75.3 Å². The number of carbonyl (C=O) groups excluding carboxylic acids is 1. The summed E-state index contributed by atoms with van der Waals surface area (Å²) in [5.74, 6) is 1.31. The van der Waals surface area contributed by atoms with Crippen molar-refractivity contribution in [1.82, 2.24) is 10.6 Å². The summed E-state index contributed by atoms with van der Waals surface area (Å²) >= 11 is 0. The van der Waals surface area contributed by atoms with E-state index in [0.29, 0.717) is 25.3 Å². The summed E-state index contributed by atoms with van der Waals surface area (Å²) in [7, 11) is -2.83. The Balaban J connectivity index is 1.59. The van der Waals surface area contributed by atoms with Gasteiger partial charge in [-0.1, -0.05) is 0 Å². The lowest BCUT2D eigenvalue weighted by molar-refractivity contribution is -0.121. The Bertz CT molecular complexity index is 402. The monoisotopic (exact) mass is 288 g/mol. The zero-order chi connectivity index (χ0) is 13.7. The molecule has 2 atom stereocenters. The average Bonchev–Trinajstić information content (AvgIpc) is 2.75. The lowest BCUT2D eigenvalue weighted by Crippen LogP contribution is -2.32. The average molecular weight is 288 g/mol. The normalized spacial score (nSPS) is 30.1. The van der Waals surface area contributed by atoms with Gasteiger partial charge in [-0.15, -0.1) is 0 Å². The summed E-state index contributed by atoms with van der Waals surface area (Å²) < 4.78 is 22.6. The van der Waals surface area contributed by atoms with Gasteiger partial charge in [0.2, 0.25) is 5.91 Å². The molecule has 0 radical (unpaired) electrons. The lowest BCUT2D eigenvalue weighted by Gasteiger charge is -2.22. The van der Waals surface area contributed by atoms with Crippen LogP contribution in [-0.2, 0) is 14.6 Å². The van der Waals surface area contributed by atoms with Crippen LogP contribution in [0, 0.1) is 11.8 Å². The first-order chi connectivity index (χ1) is 9.05. The summed E-state index contributed by atoms with van der Waals surface area (Å²) in [4.78, 5) is 11.7. The first-order valence-corrected chi connectivity index (χ1v) is 9.05. The van der Waals surface area contributed by atoms with Crippen molar-refractivity contribution < 1.29 is 13.2 Å². The fourth-order valence-corrected chi connectivity index (χ4v) is 4.75. The van der Waals surface area contributed by atoms with Crippen molar-refractivity contribution >= 4 is 15.7 Å². The van der Waals surface area contributed by atoms with Gasteiger partial charge in [-0.25, -0.2) is 8.42 Å². The zero-order valence-electron chi connectivity index (χ0n) is 11.4. The summed E-state index contributed by atoms with van der Waals surface area (Å²) in [5, 5.41) is 6.22. The fourth-order valence-electron chi connectivity index (χ4n) is 2.89. The highest BCUT2D eigenvalue weighted by Gasteiger charge is 2.27. The van der Waals surface area contributed by atoms with Gasteiger partial charge in [-0.3, -0.25) is 4.79 Å². The van der Waals surface area contributed by atoms with Crippen molar-refractivity contribution in [1.29, 1.82) is 0 Å². The van der Waals surface area contributed by atoms with Gasteiger partial charge in [0.25, 0.3) is 0 Å². The van der Waals surface area contributed by atoms with Crippen LogP contribution in [0.15, 0.2) is 0 Å². The molecule has 2 rings (SSSR count). The van der Waals surface area contributed by atoms with Crippen LogP contribution in [-0.4, -0.2) is 45.5 Å². The number of amides is 1. The number of piperidine rings is 1. The second-order valence-electron chi connectivity index (χ2n) is 5.82. The lowest BCUT2D eigenvalue weighted by atomic mass is 9.94. The number of rotatable bonds is 5. The van der Waals surface area contributed by atoms with Gasteiger partial charge in [0, 0.05) is 13.0 Å². The number of carbonyl (C=O) groups is 1. The summed E-state index contributed by atoms with van der Waals surface area (Å²) in [6.07, 6.45) is 4.59. The molecule has 0 bridgehead atoms. The molecule has 110 valence electrons. The molecule has 2 unspecified atom stereocenters. The van der Waals surface area contributed by atoms with Gasteiger partial charge in [0.05, 0.1) is 11.5 Å². The molecular weight excluding hydrogens is 264 g/mol. The number of nitrogens with one attached hydrogen (secondary N) is 2. The molecule has 0 aromatic heterocycles. The van der Waals surface area contributed by atoms with E-state index < -0.39 is 9.84 Å². The maximum atomic E-state index is 11.7. The number of sulfone groups is 1. The third-order valence-corrected chi connectivity index (χ3v) is 5.93. The predicted octanol–water partition coefficient (Wildman–Crippen LogP) is 0.317. The fraction of sp³-hybridized carbons (Fsp3) is 0.923. The van der Waals surface area contributed by atoms with Crippen molar-refractivity contribution in [3.8, 4) is 0 Å².